The first kappa shape index (κ1) is 12.4. The summed E-state index contributed by atoms with van der Waals surface area (Å²) in [6.07, 6.45) is 1.98. The van der Waals surface area contributed by atoms with Crippen LogP contribution in [-0.2, 0) is 10.2 Å². The Bertz CT molecular complexity index is 417. The number of nitrogens with two attached hydrogens (primary N) is 1. The maximum atomic E-state index is 13.5. The number of ether oxygens (including phenoxy) is 1. The van der Waals surface area contributed by atoms with Crippen LogP contribution in [0.5, 0.6) is 0 Å². The summed E-state index contributed by atoms with van der Waals surface area (Å²) in [5.74, 6) is -0.277. The molecule has 1 aliphatic rings. The Morgan fingerprint density at radius 3 is 2.59 bits per heavy atom. The lowest BCUT2D eigenvalue weighted by atomic mass is 9.80. The fraction of sp³-hybridized carbons (Fsp3) is 0.571. The van der Waals surface area contributed by atoms with Crippen LogP contribution in [0.2, 0.25) is 0 Å². The summed E-state index contributed by atoms with van der Waals surface area (Å²) < 4.78 is 19.2. The van der Waals surface area contributed by atoms with E-state index < -0.39 is 0 Å². The summed E-state index contributed by atoms with van der Waals surface area (Å²) in [5, 5.41) is 0. The smallest absolute Gasteiger partial charge is 0.125 e. The summed E-state index contributed by atoms with van der Waals surface area (Å²) in [5.41, 5.74) is 8.36. The van der Waals surface area contributed by atoms with Crippen molar-refractivity contribution in [2.45, 2.75) is 45.1 Å². The van der Waals surface area contributed by atoms with E-state index in [0.717, 1.165) is 30.6 Å². The first-order valence-corrected chi connectivity index (χ1v) is 6.10. The zero-order valence-electron chi connectivity index (χ0n) is 10.7. The van der Waals surface area contributed by atoms with Gasteiger partial charge in [0.1, 0.15) is 5.82 Å². The van der Waals surface area contributed by atoms with Gasteiger partial charge in [-0.25, -0.2) is 4.39 Å². The summed E-state index contributed by atoms with van der Waals surface area (Å²) in [6, 6.07) is 2.98. The minimum Gasteiger partial charge on any atom is -0.398 e. The van der Waals surface area contributed by atoms with Crippen LogP contribution in [0.1, 0.15) is 50.8 Å². The molecule has 1 saturated heterocycles. The Labute approximate surface area is 102 Å². The highest BCUT2D eigenvalue weighted by atomic mass is 19.1. The molecule has 94 valence electrons. The molecule has 1 aromatic carbocycles. The first-order chi connectivity index (χ1) is 7.89. The van der Waals surface area contributed by atoms with Crippen LogP contribution >= 0.6 is 0 Å². The average molecular weight is 237 g/mol. The van der Waals surface area contributed by atoms with E-state index in [4.69, 9.17) is 10.5 Å². The quantitative estimate of drug-likeness (QED) is 0.758. The lowest BCUT2D eigenvalue weighted by Crippen LogP contribution is -2.19. The standard InChI is InChI=1S/C14H20FNO/c1-14(2,3)13-10(12-5-4-6-17-12)7-9(15)8-11(13)16/h7-8,12H,4-6,16H2,1-3H3. The number of anilines is 1. The van der Waals surface area contributed by atoms with Crippen LogP contribution in [0, 0.1) is 5.82 Å². The van der Waals surface area contributed by atoms with Gasteiger partial charge in [-0.3, -0.25) is 0 Å². The third-order valence-electron chi connectivity index (χ3n) is 3.19. The summed E-state index contributed by atoms with van der Waals surface area (Å²) in [6.45, 7) is 7.03. The molecular formula is C14H20FNO. The van der Waals surface area contributed by atoms with Gasteiger partial charge in [-0.1, -0.05) is 20.8 Å². The fourth-order valence-corrected chi connectivity index (χ4v) is 2.59. The van der Waals surface area contributed by atoms with Gasteiger partial charge >= 0.3 is 0 Å². The highest BCUT2D eigenvalue weighted by Gasteiger charge is 2.28. The van der Waals surface area contributed by atoms with Gasteiger partial charge < -0.3 is 10.5 Å². The normalized spacial score (nSPS) is 20.8. The number of benzene rings is 1. The number of rotatable bonds is 1. The van der Waals surface area contributed by atoms with Gasteiger partial charge in [0.05, 0.1) is 6.10 Å². The number of hydrogen-bond donors (Lipinski definition) is 1. The molecule has 2 nitrogen and oxygen atoms in total. The van der Waals surface area contributed by atoms with Gasteiger partial charge in [-0.15, -0.1) is 0 Å². The van der Waals surface area contributed by atoms with E-state index >= 15 is 0 Å². The molecule has 2 N–H and O–H groups in total. The highest BCUT2D eigenvalue weighted by molar-refractivity contribution is 5.55. The van der Waals surface area contributed by atoms with Crippen LogP contribution in [0.4, 0.5) is 10.1 Å². The number of hydrogen-bond acceptors (Lipinski definition) is 2. The molecule has 1 fully saturated rings. The van der Waals surface area contributed by atoms with Gasteiger partial charge in [0, 0.05) is 12.3 Å². The van der Waals surface area contributed by atoms with E-state index in [1.165, 1.54) is 6.07 Å². The number of nitrogen functional groups attached to an aromatic ring is 1. The first-order valence-electron chi connectivity index (χ1n) is 6.10. The average Bonchev–Trinajstić information content (AvgIpc) is 2.65. The second-order valence-corrected chi connectivity index (χ2v) is 5.71. The largest absolute Gasteiger partial charge is 0.398 e. The van der Waals surface area contributed by atoms with Gasteiger partial charge in [0.2, 0.25) is 0 Å². The molecule has 0 saturated carbocycles. The molecule has 0 spiro atoms. The second-order valence-electron chi connectivity index (χ2n) is 5.71. The van der Waals surface area contributed by atoms with Crippen LogP contribution < -0.4 is 5.73 Å². The molecule has 1 aliphatic heterocycles. The van der Waals surface area contributed by atoms with E-state index in [1.807, 2.05) is 0 Å². The van der Waals surface area contributed by atoms with E-state index in [1.54, 1.807) is 6.07 Å². The van der Waals surface area contributed by atoms with E-state index in [2.05, 4.69) is 20.8 Å². The molecule has 1 unspecified atom stereocenters. The molecule has 1 atom stereocenters. The van der Waals surface area contributed by atoms with Crippen molar-refractivity contribution in [2.75, 3.05) is 12.3 Å². The highest BCUT2D eigenvalue weighted by Crippen LogP contribution is 2.39. The Balaban J connectivity index is 2.54. The van der Waals surface area contributed by atoms with Crippen LogP contribution in [-0.4, -0.2) is 6.61 Å². The molecule has 0 aliphatic carbocycles. The lowest BCUT2D eigenvalue weighted by molar-refractivity contribution is 0.110. The molecule has 1 aromatic rings. The van der Waals surface area contributed by atoms with Crippen molar-refractivity contribution in [3.8, 4) is 0 Å². The molecule has 2 rings (SSSR count). The molecule has 0 radical (unpaired) electrons. The summed E-state index contributed by atoms with van der Waals surface area (Å²) in [4.78, 5) is 0. The molecule has 0 aromatic heterocycles. The Morgan fingerprint density at radius 2 is 2.06 bits per heavy atom. The SMILES string of the molecule is CC(C)(C)c1c(N)cc(F)cc1C1CCCO1. The zero-order chi connectivity index (χ0) is 12.6. The van der Waals surface area contributed by atoms with Crippen molar-refractivity contribution >= 4 is 5.69 Å². The van der Waals surface area contributed by atoms with Crippen molar-refractivity contribution in [1.82, 2.24) is 0 Å². The Kier molecular flexibility index (Phi) is 3.13. The van der Waals surface area contributed by atoms with Gasteiger partial charge in [-0.05, 0) is 41.5 Å². The van der Waals surface area contributed by atoms with Gasteiger partial charge in [0.15, 0.2) is 0 Å². The second kappa shape index (κ2) is 4.30. The molecule has 3 heteroatoms. The van der Waals surface area contributed by atoms with Crippen LogP contribution in [0.15, 0.2) is 12.1 Å². The lowest BCUT2D eigenvalue weighted by Gasteiger charge is -2.27. The maximum absolute atomic E-state index is 13.5. The van der Waals surface area contributed by atoms with E-state index in [-0.39, 0.29) is 17.3 Å². The number of halogens is 1. The summed E-state index contributed by atoms with van der Waals surface area (Å²) in [7, 11) is 0. The predicted molar refractivity (Wildman–Crippen MR) is 67.4 cm³/mol. The van der Waals surface area contributed by atoms with Crippen molar-refractivity contribution in [1.29, 1.82) is 0 Å². The minimum absolute atomic E-state index is 0.00206. The van der Waals surface area contributed by atoms with E-state index in [0.29, 0.717) is 5.69 Å². The van der Waals surface area contributed by atoms with Gasteiger partial charge in [-0.2, -0.15) is 0 Å². The Morgan fingerprint density at radius 1 is 1.35 bits per heavy atom. The van der Waals surface area contributed by atoms with Crippen molar-refractivity contribution < 1.29 is 9.13 Å². The maximum Gasteiger partial charge on any atom is 0.125 e. The van der Waals surface area contributed by atoms with Crippen molar-refractivity contribution in [2.24, 2.45) is 0 Å². The zero-order valence-corrected chi connectivity index (χ0v) is 10.7. The summed E-state index contributed by atoms with van der Waals surface area (Å²) >= 11 is 0. The Hall–Kier alpha value is -1.09. The molecule has 17 heavy (non-hydrogen) atoms. The van der Waals surface area contributed by atoms with Crippen LogP contribution in [0.25, 0.3) is 0 Å². The minimum atomic E-state index is -0.277. The van der Waals surface area contributed by atoms with Crippen molar-refractivity contribution in [3.63, 3.8) is 0 Å². The monoisotopic (exact) mass is 237 g/mol. The van der Waals surface area contributed by atoms with E-state index in [9.17, 15) is 4.39 Å². The topological polar surface area (TPSA) is 35.2 Å². The fourth-order valence-electron chi connectivity index (χ4n) is 2.59. The molecule has 1 heterocycles. The predicted octanol–water partition coefficient (Wildman–Crippen LogP) is 3.56. The van der Waals surface area contributed by atoms with Gasteiger partial charge in [0.25, 0.3) is 0 Å². The third-order valence-corrected chi connectivity index (χ3v) is 3.19. The third kappa shape index (κ3) is 2.44. The van der Waals surface area contributed by atoms with Crippen molar-refractivity contribution in [3.05, 3.63) is 29.1 Å². The molecule has 0 bridgehead atoms. The molecular weight excluding hydrogens is 217 g/mol. The molecule has 0 amide bonds. The van der Waals surface area contributed by atoms with Crippen LogP contribution in [0.3, 0.4) is 0 Å².